The van der Waals surface area contributed by atoms with Crippen LogP contribution in [0.4, 0.5) is 4.39 Å². The second kappa shape index (κ2) is 7.24. The molecule has 168 valence electrons. The standard InChI is InChI=1S/C24H20FN3O3S2/c25-20-8-6-19(7-9-20)24-16-26-21(14-18-10-13-32-23(18)26)22(29)27(24)11-12-28(24)33(30,31)15-17-4-2-1-3-5-17/h1-10,13-14H,11-12,15-16H2. The molecule has 2 aromatic carbocycles. The molecule has 2 aromatic heterocycles. The number of halogens is 1. The lowest BCUT2D eigenvalue weighted by molar-refractivity contribution is 0.0190. The van der Waals surface area contributed by atoms with Crippen LogP contribution in [0.15, 0.2) is 72.1 Å². The van der Waals surface area contributed by atoms with Crippen LogP contribution in [0.2, 0.25) is 0 Å². The van der Waals surface area contributed by atoms with Gasteiger partial charge in [-0.05, 0) is 40.8 Å². The van der Waals surface area contributed by atoms with Crippen molar-refractivity contribution in [1.82, 2.24) is 13.8 Å². The Kier molecular flexibility index (Phi) is 4.52. The summed E-state index contributed by atoms with van der Waals surface area (Å²) in [6.45, 7) is 0.692. The molecule has 0 radical (unpaired) electrons. The van der Waals surface area contributed by atoms with E-state index in [1.807, 2.05) is 28.1 Å². The molecule has 6 nitrogen and oxygen atoms in total. The number of sulfonamides is 1. The molecule has 1 fully saturated rings. The summed E-state index contributed by atoms with van der Waals surface area (Å²) in [5, 5.41) is 2.91. The molecule has 4 heterocycles. The third kappa shape index (κ3) is 2.99. The number of nitrogens with zero attached hydrogens (tertiary/aromatic N) is 3. The minimum Gasteiger partial charge on any atom is -0.324 e. The van der Waals surface area contributed by atoms with Gasteiger partial charge in [-0.3, -0.25) is 4.79 Å². The molecule has 33 heavy (non-hydrogen) atoms. The van der Waals surface area contributed by atoms with Crippen molar-refractivity contribution in [2.45, 2.75) is 18.0 Å². The van der Waals surface area contributed by atoms with Crippen molar-refractivity contribution < 1.29 is 17.6 Å². The van der Waals surface area contributed by atoms with Gasteiger partial charge in [0.25, 0.3) is 5.91 Å². The van der Waals surface area contributed by atoms with E-state index in [2.05, 4.69) is 0 Å². The van der Waals surface area contributed by atoms with E-state index in [9.17, 15) is 17.6 Å². The zero-order valence-electron chi connectivity index (χ0n) is 17.5. The Labute approximate surface area is 194 Å². The van der Waals surface area contributed by atoms with Gasteiger partial charge in [0.05, 0.1) is 12.3 Å². The van der Waals surface area contributed by atoms with Crippen LogP contribution >= 0.6 is 11.3 Å². The molecule has 2 aliphatic rings. The van der Waals surface area contributed by atoms with Gasteiger partial charge in [0, 0.05) is 18.5 Å². The minimum atomic E-state index is -3.81. The summed E-state index contributed by atoms with van der Waals surface area (Å²) >= 11 is 1.52. The molecule has 0 saturated carbocycles. The number of carbonyl (C=O) groups excluding carboxylic acids is 1. The molecule has 2 aliphatic heterocycles. The van der Waals surface area contributed by atoms with Crippen molar-refractivity contribution in [2.75, 3.05) is 13.1 Å². The molecule has 1 atom stereocenters. The van der Waals surface area contributed by atoms with Crippen LogP contribution in [0.1, 0.15) is 21.6 Å². The van der Waals surface area contributed by atoms with Crippen molar-refractivity contribution in [3.05, 3.63) is 94.7 Å². The summed E-state index contributed by atoms with van der Waals surface area (Å²) in [7, 11) is -3.81. The molecule has 9 heteroatoms. The van der Waals surface area contributed by atoms with Crippen LogP contribution in [-0.4, -0.2) is 41.2 Å². The summed E-state index contributed by atoms with van der Waals surface area (Å²) in [5.41, 5.74) is 0.545. The quantitative estimate of drug-likeness (QED) is 0.443. The molecule has 0 spiro atoms. The summed E-state index contributed by atoms with van der Waals surface area (Å²) in [5.74, 6) is -0.805. The maximum atomic E-state index is 13.8. The SMILES string of the molecule is O=C1c2cc3ccsc3n2CC2(c3ccc(F)cc3)N1CCN2S(=O)(=O)Cc1ccccc1. The highest BCUT2D eigenvalue weighted by atomic mass is 32.2. The summed E-state index contributed by atoms with van der Waals surface area (Å²) < 4.78 is 44.8. The monoisotopic (exact) mass is 481 g/mol. The third-order valence-electron chi connectivity index (χ3n) is 6.57. The van der Waals surface area contributed by atoms with Gasteiger partial charge in [0.15, 0.2) is 5.66 Å². The normalized spacial score (nSPS) is 20.9. The first-order chi connectivity index (χ1) is 15.9. The fourth-order valence-corrected chi connectivity index (χ4v) is 7.88. The summed E-state index contributed by atoms with van der Waals surface area (Å²) in [6, 6.07) is 18.6. The van der Waals surface area contributed by atoms with E-state index >= 15 is 0 Å². The van der Waals surface area contributed by atoms with E-state index in [0.29, 0.717) is 16.8 Å². The van der Waals surface area contributed by atoms with Gasteiger partial charge >= 0.3 is 0 Å². The fourth-order valence-electron chi connectivity index (χ4n) is 5.14. The van der Waals surface area contributed by atoms with Gasteiger partial charge in [0.2, 0.25) is 10.0 Å². The molecule has 0 N–H and O–H groups in total. The van der Waals surface area contributed by atoms with Crippen molar-refractivity contribution in [2.24, 2.45) is 0 Å². The Morgan fingerprint density at radius 3 is 2.52 bits per heavy atom. The number of fused-ring (bicyclic) bond motifs is 4. The number of amides is 1. The van der Waals surface area contributed by atoms with Crippen LogP contribution in [-0.2, 0) is 28.0 Å². The number of rotatable bonds is 4. The van der Waals surface area contributed by atoms with Gasteiger partial charge in [-0.2, -0.15) is 4.31 Å². The molecule has 0 aliphatic carbocycles. The van der Waals surface area contributed by atoms with Crippen molar-refractivity contribution in [1.29, 1.82) is 0 Å². The second-order valence-electron chi connectivity index (χ2n) is 8.39. The van der Waals surface area contributed by atoms with Crippen molar-refractivity contribution >= 4 is 37.5 Å². The molecule has 1 saturated heterocycles. The number of carbonyl (C=O) groups is 1. The Bertz CT molecular complexity index is 1480. The third-order valence-corrected chi connectivity index (χ3v) is 9.37. The number of hydrogen-bond donors (Lipinski definition) is 0. The smallest absolute Gasteiger partial charge is 0.272 e. The van der Waals surface area contributed by atoms with Crippen molar-refractivity contribution in [3.8, 4) is 0 Å². The Balaban J connectivity index is 1.55. The van der Waals surface area contributed by atoms with Gasteiger partial charge in [-0.25, -0.2) is 12.8 Å². The van der Waals surface area contributed by atoms with E-state index in [-0.39, 0.29) is 31.3 Å². The molecule has 1 unspecified atom stereocenters. The Morgan fingerprint density at radius 1 is 1.00 bits per heavy atom. The highest BCUT2D eigenvalue weighted by Gasteiger charge is 2.58. The number of aromatic nitrogens is 1. The van der Waals surface area contributed by atoms with E-state index in [1.54, 1.807) is 41.3 Å². The summed E-state index contributed by atoms with van der Waals surface area (Å²) in [6.07, 6.45) is 0. The number of thiophene rings is 1. The molecular formula is C24H20FN3O3S2. The van der Waals surface area contributed by atoms with Crippen LogP contribution in [0.25, 0.3) is 10.2 Å². The molecule has 4 aromatic rings. The Morgan fingerprint density at radius 2 is 1.76 bits per heavy atom. The molecule has 1 amide bonds. The van der Waals surface area contributed by atoms with Crippen LogP contribution in [0.3, 0.4) is 0 Å². The van der Waals surface area contributed by atoms with Crippen LogP contribution < -0.4 is 0 Å². The molecule has 6 rings (SSSR count). The number of hydrogen-bond acceptors (Lipinski definition) is 4. The predicted molar refractivity (Wildman–Crippen MR) is 125 cm³/mol. The maximum Gasteiger partial charge on any atom is 0.272 e. The first-order valence-electron chi connectivity index (χ1n) is 10.6. The minimum absolute atomic E-state index is 0.175. The second-order valence-corrected chi connectivity index (χ2v) is 11.2. The zero-order chi connectivity index (χ0) is 22.8. The van der Waals surface area contributed by atoms with Crippen LogP contribution in [0, 0.1) is 5.82 Å². The molecule has 0 bridgehead atoms. The maximum absolute atomic E-state index is 13.8. The first kappa shape index (κ1) is 20.6. The highest BCUT2D eigenvalue weighted by molar-refractivity contribution is 7.88. The topological polar surface area (TPSA) is 62.6 Å². The van der Waals surface area contributed by atoms with E-state index in [1.165, 1.54) is 27.8 Å². The fraction of sp³-hybridized carbons (Fsp3) is 0.208. The largest absolute Gasteiger partial charge is 0.324 e. The van der Waals surface area contributed by atoms with Gasteiger partial charge in [-0.15, -0.1) is 11.3 Å². The Hall–Kier alpha value is -3.01. The van der Waals surface area contributed by atoms with Gasteiger partial charge in [0.1, 0.15) is 16.3 Å². The lowest BCUT2D eigenvalue weighted by atomic mass is 9.96. The van der Waals surface area contributed by atoms with E-state index < -0.39 is 21.5 Å². The first-order valence-corrected chi connectivity index (χ1v) is 13.1. The lowest BCUT2D eigenvalue weighted by Crippen LogP contribution is -2.60. The summed E-state index contributed by atoms with van der Waals surface area (Å²) in [4.78, 5) is 16.2. The lowest BCUT2D eigenvalue weighted by Gasteiger charge is -2.46. The highest BCUT2D eigenvalue weighted by Crippen LogP contribution is 2.46. The zero-order valence-corrected chi connectivity index (χ0v) is 19.2. The van der Waals surface area contributed by atoms with Gasteiger partial charge in [-0.1, -0.05) is 42.5 Å². The average molecular weight is 482 g/mol. The molecular weight excluding hydrogens is 461 g/mol. The number of benzene rings is 2. The van der Waals surface area contributed by atoms with Gasteiger partial charge < -0.3 is 9.47 Å². The van der Waals surface area contributed by atoms with E-state index in [4.69, 9.17) is 0 Å². The van der Waals surface area contributed by atoms with Crippen molar-refractivity contribution in [3.63, 3.8) is 0 Å². The van der Waals surface area contributed by atoms with E-state index in [0.717, 1.165) is 10.2 Å². The van der Waals surface area contributed by atoms with Crippen LogP contribution in [0.5, 0.6) is 0 Å². The predicted octanol–water partition coefficient (Wildman–Crippen LogP) is 4.00. The average Bonchev–Trinajstić information content (AvgIpc) is 3.49.